The van der Waals surface area contributed by atoms with Crippen molar-refractivity contribution in [2.75, 3.05) is 0 Å². The molecule has 19 heavy (non-hydrogen) atoms. The standard InChI is InChI=1S/C14H29N3O2/c1-4-6-7-8-9-10-11-12(18)16-14(3,5-2)13(15)17-19/h19H,4-11H2,1-3H3,(H2,15,17)(H,16,18). The fourth-order valence-corrected chi connectivity index (χ4v) is 1.88. The molecule has 0 heterocycles. The van der Waals surface area contributed by atoms with Gasteiger partial charge >= 0.3 is 0 Å². The van der Waals surface area contributed by atoms with Crippen LogP contribution in [0.5, 0.6) is 0 Å². The van der Waals surface area contributed by atoms with Crippen molar-refractivity contribution in [3.05, 3.63) is 0 Å². The first kappa shape index (κ1) is 17.7. The fraction of sp³-hybridized carbons (Fsp3) is 0.857. The van der Waals surface area contributed by atoms with Crippen molar-refractivity contribution in [1.82, 2.24) is 5.32 Å². The molecule has 0 aromatic rings. The lowest BCUT2D eigenvalue weighted by atomic mass is 9.97. The lowest BCUT2D eigenvalue weighted by Crippen LogP contribution is -2.55. The van der Waals surface area contributed by atoms with Crippen LogP contribution in [0, 0.1) is 0 Å². The van der Waals surface area contributed by atoms with Crippen LogP contribution in [-0.4, -0.2) is 22.5 Å². The Bertz CT molecular complexity index is 292. The number of hydrogen-bond donors (Lipinski definition) is 3. The van der Waals surface area contributed by atoms with Gasteiger partial charge in [0.05, 0.1) is 5.54 Å². The molecule has 0 fully saturated rings. The van der Waals surface area contributed by atoms with E-state index >= 15 is 0 Å². The number of amidine groups is 1. The number of carbonyl (C=O) groups excluding carboxylic acids is 1. The maximum Gasteiger partial charge on any atom is 0.220 e. The predicted molar refractivity (Wildman–Crippen MR) is 78.2 cm³/mol. The van der Waals surface area contributed by atoms with Crippen LogP contribution in [0.15, 0.2) is 5.16 Å². The number of rotatable bonds is 10. The topological polar surface area (TPSA) is 87.7 Å². The number of unbranched alkanes of at least 4 members (excludes halogenated alkanes) is 5. The number of nitrogens with one attached hydrogen (secondary N) is 1. The average molecular weight is 271 g/mol. The highest BCUT2D eigenvalue weighted by Gasteiger charge is 2.29. The van der Waals surface area contributed by atoms with E-state index in [0.29, 0.717) is 12.8 Å². The van der Waals surface area contributed by atoms with Gasteiger partial charge in [-0.1, -0.05) is 51.1 Å². The summed E-state index contributed by atoms with van der Waals surface area (Å²) in [6.45, 7) is 5.84. The van der Waals surface area contributed by atoms with Crippen molar-refractivity contribution in [3.8, 4) is 0 Å². The van der Waals surface area contributed by atoms with E-state index in [-0.39, 0.29) is 11.7 Å². The van der Waals surface area contributed by atoms with Crippen molar-refractivity contribution < 1.29 is 10.0 Å². The summed E-state index contributed by atoms with van der Waals surface area (Å²) >= 11 is 0. The maximum atomic E-state index is 11.8. The van der Waals surface area contributed by atoms with Gasteiger partial charge in [-0.2, -0.15) is 0 Å². The Balaban J connectivity index is 3.96. The summed E-state index contributed by atoms with van der Waals surface area (Å²) in [5.74, 6) is 0.0118. The second-order valence-corrected chi connectivity index (χ2v) is 5.24. The van der Waals surface area contributed by atoms with E-state index in [1.165, 1.54) is 25.7 Å². The van der Waals surface area contributed by atoms with Crippen molar-refractivity contribution in [2.45, 2.75) is 77.7 Å². The Morgan fingerprint density at radius 2 is 1.79 bits per heavy atom. The number of nitrogens with two attached hydrogens (primary N) is 1. The summed E-state index contributed by atoms with van der Waals surface area (Å²) < 4.78 is 0. The average Bonchev–Trinajstić information content (AvgIpc) is 2.41. The molecule has 0 aliphatic rings. The van der Waals surface area contributed by atoms with Gasteiger partial charge in [-0.3, -0.25) is 4.79 Å². The van der Waals surface area contributed by atoms with E-state index < -0.39 is 5.54 Å². The summed E-state index contributed by atoms with van der Waals surface area (Å²) in [6, 6.07) is 0. The maximum absolute atomic E-state index is 11.8. The summed E-state index contributed by atoms with van der Waals surface area (Å²) in [5, 5.41) is 14.6. The molecule has 1 atom stereocenters. The molecule has 0 aromatic carbocycles. The first-order chi connectivity index (χ1) is 9.00. The van der Waals surface area contributed by atoms with Crippen LogP contribution in [0.25, 0.3) is 0 Å². The first-order valence-corrected chi connectivity index (χ1v) is 7.29. The summed E-state index contributed by atoms with van der Waals surface area (Å²) in [4.78, 5) is 11.8. The minimum absolute atomic E-state index is 0.0357. The number of amides is 1. The minimum atomic E-state index is -0.756. The highest BCUT2D eigenvalue weighted by molar-refractivity contribution is 5.93. The van der Waals surface area contributed by atoms with Crippen LogP contribution in [0.2, 0.25) is 0 Å². The molecule has 112 valence electrons. The second-order valence-electron chi connectivity index (χ2n) is 5.24. The van der Waals surface area contributed by atoms with E-state index in [2.05, 4.69) is 17.4 Å². The van der Waals surface area contributed by atoms with E-state index in [4.69, 9.17) is 10.9 Å². The normalized spacial score (nSPS) is 15.0. The highest BCUT2D eigenvalue weighted by Crippen LogP contribution is 2.11. The van der Waals surface area contributed by atoms with Crippen molar-refractivity contribution in [3.63, 3.8) is 0 Å². The van der Waals surface area contributed by atoms with Gasteiger partial charge in [0.1, 0.15) is 0 Å². The zero-order chi connectivity index (χ0) is 14.7. The smallest absolute Gasteiger partial charge is 0.220 e. The SMILES string of the molecule is CCCCCCCCC(=O)NC(C)(CC)C(N)=NO. The molecule has 1 amide bonds. The number of carbonyl (C=O) groups is 1. The molecule has 0 spiro atoms. The van der Waals surface area contributed by atoms with E-state index in [0.717, 1.165) is 12.8 Å². The molecule has 5 nitrogen and oxygen atoms in total. The van der Waals surface area contributed by atoms with Gasteiger partial charge in [-0.05, 0) is 19.8 Å². The monoisotopic (exact) mass is 271 g/mol. The third kappa shape index (κ3) is 7.03. The zero-order valence-electron chi connectivity index (χ0n) is 12.5. The molecule has 0 radical (unpaired) electrons. The molecule has 0 saturated heterocycles. The van der Waals surface area contributed by atoms with Crippen LogP contribution >= 0.6 is 0 Å². The van der Waals surface area contributed by atoms with E-state index in [1.54, 1.807) is 6.92 Å². The third-order valence-electron chi connectivity index (χ3n) is 3.55. The van der Waals surface area contributed by atoms with E-state index in [1.807, 2.05) is 6.92 Å². The van der Waals surface area contributed by atoms with Crippen molar-refractivity contribution >= 4 is 11.7 Å². The summed E-state index contributed by atoms with van der Waals surface area (Å²) in [7, 11) is 0. The van der Waals surface area contributed by atoms with Crippen LogP contribution < -0.4 is 11.1 Å². The predicted octanol–water partition coefficient (Wildman–Crippen LogP) is 2.77. The molecule has 0 aliphatic heterocycles. The fourth-order valence-electron chi connectivity index (χ4n) is 1.88. The van der Waals surface area contributed by atoms with Gasteiger partial charge in [-0.15, -0.1) is 0 Å². The Hall–Kier alpha value is -1.26. The largest absolute Gasteiger partial charge is 0.409 e. The molecular weight excluding hydrogens is 242 g/mol. The van der Waals surface area contributed by atoms with Crippen LogP contribution in [-0.2, 0) is 4.79 Å². The summed E-state index contributed by atoms with van der Waals surface area (Å²) in [6.07, 6.45) is 8.00. The Labute approximate surface area is 116 Å². The molecule has 4 N–H and O–H groups in total. The van der Waals surface area contributed by atoms with E-state index in [9.17, 15) is 4.79 Å². The lowest BCUT2D eigenvalue weighted by molar-refractivity contribution is -0.122. The van der Waals surface area contributed by atoms with Gasteiger partial charge in [0.25, 0.3) is 0 Å². The second kappa shape index (κ2) is 9.64. The molecule has 1 unspecified atom stereocenters. The van der Waals surface area contributed by atoms with Gasteiger partial charge < -0.3 is 16.3 Å². The molecule has 0 bridgehead atoms. The number of nitrogens with zero attached hydrogens (tertiary/aromatic N) is 1. The minimum Gasteiger partial charge on any atom is -0.409 e. The lowest BCUT2D eigenvalue weighted by Gasteiger charge is -2.28. The molecule has 5 heteroatoms. The highest BCUT2D eigenvalue weighted by atomic mass is 16.4. The number of hydrogen-bond acceptors (Lipinski definition) is 3. The zero-order valence-corrected chi connectivity index (χ0v) is 12.5. The van der Waals surface area contributed by atoms with Gasteiger partial charge in [0.2, 0.25) is 5.91 Å². The Morgan fingerprint density at radius 3 is 2.32 bits per heavy atom. The first-order valence-electron chi connectivity index (χ1n) is 7.29. The molecular formula is C14H29N3O2. The van der Waals surface area contributed by atoms with Crippen LogP contribution in [0.3, 0.4) is 0 Å². The summed E-state index contributed by atoms with van der Waals surface area (Å²) in [5.41, 5.74) is 4.85. The Kier molecular flexibility index (Phi) is 9.00. The molecule has 0 aromatic heterocycles. The van der Waals surface area contributed by atoms with Crippen molar-refractivity contribution in [2.24, 2.45) is 10.9 Å². The van der Waals surface area contributed by atoms with Crippen LogP contribution in [0.4, 0.5) is 0 Å². The third-order valence-corrected chi connectivity index (χ3v) is 3.55. The van der Waals surface area contributed by atoms with Crippen molar-refractivity contribution in [1.29, 1.82) is 0 Å². The number of oxime groups is 1. The van der Waals surface area contributed by atoms with Gasteiger partial charge in [-0.25, -0.2) is 0 Å². The quantitative estimate of drug-likeness (QED) is 0.188. The molecule has 0 saturated carbocycles. The van der Waals surface area contributed by atoms with Gasteiger partial charge in [0.15, 0.2) is 5.84 Å². The Morgan fingerprint density at radius 1 is 1.21 bits per heavy atom. The van der Waals surface area contributed by atoms with Gasteiger partial charge in [0, 0.05) is 6.42 Å². The van der Waals surface area contributed by atoms with Crippen LogP contribution in [0.1, 0.15) is 72.1 Å². The molecule has 0 rings (SSSR count). The molecule has 0 aliphatic carbocycles.